The number of carbonyl (C=O) groups excluding carboxylic acids is 1. The molecule has 0 spiro atoms. The fourth-order valence-electron chi connectivity index (χ4n) is 2.34. The van der Waals surface area contributed by atoms with Gasteiger partial charge in [-0.25, -0.2) is 0 Å². The van der Waals surface area contributed by atoms with E-state index in [9.17, 15) is 4.79 Å². The standard InChI is InChI=1S/C19H24N2O2/c1-4-21(5-2)17-13-11-16(12-14-17)20-19(22)15(3)23-18-9-7-6-8-10-18/h6-15H,4-5H2,1-3H3,(H,20,22)/t15-/m0/s1. The molecule has 2 rings (SSSR count). The van der Waals surface area contributed by atoms with E-state index in [1.165, 1.54) is 0 Å². The third-order valence-electron chi connectivity index (χ3n) is 3.69. The highest BCUT2D eigenvalue weighted by atomic mass is 16.5. The van der Waals surface area contributed by atoms with Crippen molar-refractivity contribution in [2.45, 2.75) is 26.9 Å². The first kappa shape index (κ1) is 16.9. The molecule has 1 N–H and O–H groups in total. The van der Waals surface area contributed by atoms with Crippen molar-refractivity contribution in [2.75, 3.05) is 23.3 Å². The Morgan fingerprint density at radius 3 is 2.22 bits per heavy atom. The molecule has 0 aliphatic heterocycles. The average molecular weight is 312 g/mol. The number of para-hydroxylation sites is 1. The first-order valence-electron chi connectivity index (χ1n) is 8.01. The van der Waals surface area contributed by atoms with Gasteiger partial charge in [0.15, 0.2) is 6.10 Å². The Hall–Kier alpha value is -2.49. The Morgan fingerprint density at radius 2 is 1.65 bits per heavy atom. The molecule has 2 aromatic carbocycles. The summed E-state index contributed by atoms with van der Waals surface area (Å²) in [5.74, 6) is 0.525. The monoisotopic (exact) mass is 312 g/mol. The molecule has 0 fully saturated rings. The number of nitrogens with one attached hydrogen (secondary N) is 1. The maximum atomic E-state index is 12.2. The third-order valence-corrected chi connectivity index (χ3v) is 3.69. The van der Waals surface area contributed by atoms with Gasteiger partial charge in [-0.05, 0) is 57.2 Å². The van der Waals surface area contributed by atoms with Gasteiger partial charge >= 0.3 is 0 Å². The molecular formula is C19H24N2O2. The van der Waals surface area contributed by atoms with Crippen LogP contribution in [-0.4, -0.2) is 25.1 Å². The summed E-state index contributed by atoms with van der Waals surface area (Å²) in [7, 11) is 0. The number of benzene rings is 2. The average Bonchev–Trinajstić information content (AvgIpc) is 2.58. The molecule has 0 heterocycles. The number of rotatable bonds is 7. The Balaban J connectivity index is 1.94. The van der Waals surface area contributed by atoms with Gasteiger partial charge in [0.05, 0.1) is 0 Å². The van der Waals surface area contributed by atoms with Crippen LogP contribution in [0.1, 0.15) is 20.8 Å². The summed E-state index contributed by atoms with van der Waals surface area (Å²) in [5, 5.41) is 2.88. The second-order valence-corrected chi connectivity index (χ2v) is 5.28. The molecule has 4 heteroatoms. The minimum Gasteiger partial charge on any atom is -0.481 e. The largest absolute Gasteiger partial charge is 0.481 e. The molecule has 0 saturated heterocycles. The number of carbonyl (C=O) groups is 1. The van der Waals surface area contributed by atoms with Gasteiger partial charge in [0.2, 0.25) is 0 Å². The van der Waals surface area contributed by atoms with Crippen molar-refractivity contribution >= 4 is 17.3 Å². The van der Waals surface area contributed by atoms with Gasteiger partial charge in [-0.1, -0.05) is 18.2 Å². The fourth-order valence-corrected chi connectivity index (χ4v) is 2.34. The molecule has 1 amide bonds. The fraction of sp³-hybridized carbons (Fsp3) is 0.316. The van der Waals surface area contributed by atoms with E-state index in [2.05, 4.69) is 24.1 Å². The summed E-state index contributed by atoms with van der Waals surface area (Å²) in [6.45, 7) is 7.92. The minimum atomic E-state index is -0.556. The lowest BCUT2D eigenvalue weighted by molar-refractivity contribution is -0.122. The van der Waals surface area contributed by atoms with Crippen molar-refractivity contribution in [1.29, 1.82) is 0 Å². The molecular weight excluding hydrogens is 288 g/mol. The van der Waals surface area contributed by atoms with Crippen LogP contribution in [0.5, 0.6) is 5.75 Å². The smallest absolute Gasteiger partial charge is 0.265 e. The lowest BCUT2D eigenvalue weighted by Gasteiger charge is -2.21. The van der Waals surface area contributed by atoms with Gasteiger partial charge in [0, 0.05) is 24.5 Å². The van der Waals surface area contributed by atoms with E-state index < -0.39 is 6.10 Å². The number of ether oxygens (including phenoxy) is 1. The molecule has 2 aromatic rings. The number of hydrogen-bond donors (Lipinski definition) is 1. The molecule has 1 atom stereocenters. The molecule has 23 heavy (non-hydrogen) atoms. The van der Waals surface area contributed by atoms with Crippen LogP contribution in [0.25, 0.3) is 0 Å². The number of hydrogen-bond acceptors (Lipinski definition) is 3. The van der Waals surface area contributed by atoms with Crippen molar-refractivity contribution in [2.24, 2.45) is 0 Å². The normalized spacial score (nSPS) is 11.6. The van der Waals surface area contributed by atoms with E-state index in [1.807, 2.05) is 54.6 Å². The van der Waals surface area contributed by atoms with Crippen molar-refractivity contribution in [3.63, 3.8) is 0 Å². The number of anilines is 2. The molecule has 122 valence electrons. The van der Waals surface area contributed by atoms with E-state index in [0.29, 0.717) is 5.75 Å². The summed E-state index contributed by atoms with van der Waals surface area (Å²) >= 11 is 0. The molecule has 4 nitrogen and oxygen atoms in total. The first-order chi connectivity index (χ1) is 11.1. The molecule has 0 aliphatic rings. The van der Waals surface area contributed by atoms with Crippen LogP contribution >= 0.6 is 0 Å². The SMILES string of the molecule is CCN(CC)c1ccc(NC(=O)[C@H](C)Oc2ccccc2)cc1. The Morgan fingerprint density at radius 1 is 1.04 bits per heavy atom. The van der Waals surface area contributed by atoms with Crippen LogP contribution in [-0.2, 0) is 4.79 Å². The second kappa shape index (κ2) is 8.22. The van der Waals surface area contributed by atoms with Crippen molar-refractivity contribution in [1.82, 2.24) is 0 Å². The molecule has 0 radical (unpaired) electrons. The summed E-state index contributed by atoms with van der Waals surface area (Å²) < 4.78 is 5.62. The number of nitrogens with zero attached hydrogens (tertiary/aromatic N) is 1. The van der Waals surface area contributed by atoms with Crippen LogP contribution in [0.4, 0.5) is 11.4 Å². The van der Waals surface area contributed by atoms with E-state index in [-0.39, 0.29) is 5.91 Å². The maximum absolute atomic E-state index is 12.2. The summed E-state index contributed by atoms with van der Waals surface area (Å²) in [5.41, 5.74) is 1.93. The molecule has 0 aromatic heterocycles. The highest BCUT2D eigenvalue weighted by Crippen LogP contribution is 2.18. The van der Waals surface area contributed by atoms with E-state index >= 15 is 0 Å². The van der Waals surface area contributed by atoms with Crippen molar-refractivity contribution in [3.05, 3.63) is 54.6 Å². The zero-order chi connectivity index (χ0) is 16.7. The van der Waals surface area contributed by atoms with Crippen LogP contribution < -0.4 is 15.0 Å². The van der Waals surface area contributed by atoms with Crippen molar-refractivity contribution in [3.8, 4) is 5.75 Å². The molecule has 0 saturated carbocycles. The van der Waals surface area contributed by atoms with E-state index in [0.717, 1.165) is 24.5 Å². The molecule has 0 aliphatic carbocycles. The zero-order valence-electron chi connectivity index (χ0n) is 14.0. The first-order valence-corrected chi connectivity index (χ1v) is 8.01. The lowest BCUT2D eigenvalue weighted by Crippen LogP contribution is -2.30. The van der Waals surface area contributed by atoms with Gasteiger partial charge in [0.25, 0.3) is 5.91 Å². The highest BCUT2D eigenvalue weighted by Gasteiger charge is 2.14. The summed E-state index contributed by atoms with van der Waals surface area (Å²) in [6.07, 6.45) is -0.556. The summed E-state index contributed by atoms with van der Waals surface area (Å²) in [4.78, 5) is 14.5. The Bertz CT molecular complexity index is 607. The lowest BCUT2D eigenvalue weighted by atomic mass is 10.2. The van der Waals surface area contributed by atoms with Crippen LogP contribution in [0.15, 0.2) is 54.6 Å². The molecule has 0 unspecified atom stereocenters. The quantitative estimate of drug-likeness (QED) is 0.842. The number of amides is 1. The van der Waals surface area contributed by atoms with Gasteiger partial charge in [0.1, 0.15) is 5.75 Å². The maximum Gasteiger partial charge on any atom is 0.265 e. The van der Waals surface area contributed by atoms with E-state index in [1.54, 1.807) is 6.92 Å². The van der Waals surface area contributed by atoms with Gasteiger partial charge in [-0.2, -0.15) is 0 Å². The third kappa shape index (κ3) is 4.74. The Kier molecular flexibility index (Phi) is 6.03. The predicted molar refractivity (Wildman–Crippen MR) is 95.2 cm³/mol. The zero-order valence-corrected chi connectivity index (χ0v) is 14.0. The summed E-state index contributed by atoms with van der Waals surface area (Å²) in [6, 6.07) is 17.2. The second-order valence-electron chi connectivity index (χ2n) is 5.28. The van der Waals surface area contributed by atoms with Crippen molar-refractivity contribution < 1.29 is 9.53 Å². The molecule has 0 bridgehead atoms. The van der Waals surface area contributed by atoms with Gasteiger partial charge in [-0.15, -0.1) is 0 Å². The Labute approximate surface area is 138 Å². The predicted octanol–water partition coefficient (Wildman–Crippen LogP) is 3.94. The van der Waals surface area contributed by atoms with Crippen LogP contribution in [0.2, 0.25) is 0 Å². The van der Waals surface area contributed by atoms with Crippen LogP contribution in [0, 0.1) is 0 Å². The van der Waals surface area contributed by atoms with E-state index in [4.69, 9.17) is 4.74 Å². The minimum absolute atomic E-state index is 0.163. The highest BCUT2D eigenvalue weighted by molar-refractivity contribution is 5.94. The van der Waals surface area contributed by atoms with Gasteiger partial charge in [-0.3, -0.25) is 4.79 Å². The van der Waals surface area contributed by atoms with Gasteiger partial charge < -0.3 is 15.0 Å². The topological polar surface area (TPSA) is 41.6 Å². The van der Waals surface area contributed by atoms with Crippen LogP contribution in [0.3, 0.4) is 0 Å².